The van der Waals surface area contributed by atoms with Gasteiger partial charge >= 0.3 is 0 Å². The summed E-state index contributed by atoms with van der Waals surface area (Å²) >= 11 is 0. The first-order valence-corrected chi connectivity index (χ1v) is 9.95. The molecule has 1 N–H and O–H groups in total. The molecule has 0 fully saturated rings. The SMILES string of the molecule is Cc1nc(Oc2ccc(NC(=O)C3COc4ccccc4O3)cc2)cc(-n2ccnc2)n1. The molecule has 1 atom stereocenters. The first-order valence-electron chi connectivity index (χ1n) is 9.95. The molecule has 1 unspecified atom stereocenters. The predicted molar refractivity (Wildman–Crippen MR) is 115 cm³/mol. The van der Waals surface area contributed by atoms with Crippen molar-refractivity contribution in [2.24, 2.45) is 0 Å². The Balaban J connectivity index is 1.24. The van der Waals surface area contributed by atoms with Crippen LogP contribution in [0.25, 0.3) is 5.82 Å². The Morgan fingerprint density at radius 3 is 2.72 bits per heavy atom. The molecule has 3 heterocycles. The number of carbonyl (C=O) groups excluding carboxylic acids is 1. The van der Waals surface area contributed by atoms with E-state index in [9.17, 15) is 4.79 Å². The minimum atomic E-state index is -0.730. The molecule has 5 rings (SSSR count). The van der Waals surface area contributed by atoms with Gasteiger partial charge in [0, 0.05) is 24.1 Å². The molecular formula is C23H19N5O4. The van der Waals surface area contributed by atoms with Crippen LogP contribution in [0.3, 0.4) is 0 Å². The lowest BCUT2D eigenvalue weighted by Gasteiger charge is -2.25. The van der Waals surface area contributed by atoms with Gasteiger partial charge in [-0.25, -0.2) is 9.97 Å². The molecule has 2 aromatic carbocycles. The van der Waals surface area contributed by atoms with E-state index in [1.54, 1.807) is 72.7 Å². The fourth-order valence-corrected chi connectivity index (χ4v) is 3.20. The maximum Gasteiger partial charge on any atom is 0.269 e. The van der Waals surface area contributed by atoms with Gasteiger partial charge in [-0.15, -0.1) is 0 Å². The smallest absolute Gasteiger partial charge is 0.269 e. The van der Waals surface area contributed by atoms with E-state index in [0.29, 0.717) is 40.5 Å². The van der Waals surface area contributed by atoms with Crippen molar-refractivity contribution in [3.63, 3.8) is 0 Å². The highest BCUT2D eigenvalue weighted by Gasteiger charge is 2.27. The summed E-state index contributed by atoms with van der Waals surface area (Å²) in [6.07, 6.45) is 4.39. The van der Waals surface area contributed by atoms with Gasteiger partial charge in [-0.05, 0) is 43.3 Å². The summed E-state index contributed by atoms with van der Waals surface area (Å²) in [4.78, 5) is 25.3. The van der Waals surface area contributed by atoms with Gasteiger partial charge in [0.25, 0.3) is 5.91 Å². The Morgan fingerprint density at radius 2 is 1.94 bits per heavy atom. The van der Waals surface area contributed by atoms with Gasteiger partial charge in [0.2, 0.25) is 12.0 Å². The number of nitrogens with one attached hydrogen (secondary N) is 1. The van der Waals surface area contributed by atoms with E-state index in [1.165, 1.54) is 0 Å². The molecule has 4 aromatic rings. The van der Waals surface area contributed by atoms with Gasteiger partial charge in [-0.1, -0.05) is 12.1 Å². The minimum Gasteiger partial charge on any atom is -0.485 e. The molecule has 160 valence electrons. The van der Waals surface area contributed by atoms with Crippen molar-refractivity contribution in [2.75, 3.05) is 11.9 Å². The Bertz CT molecular complexity index is 1240. The summed E-state index contributed by atoms with van der Waals surface area (Å²) in [7, 11) is 0. The number of rotatable bonds is 5. The number of benzene rings is 2. The van der Waals surface area contributed by atoms with E-state index < -0.39 is 6.10 Å². The van der Waals surface area contributed by atoms with Crippen LogP contribution < -0.4 is 19.5 Å². The van der Waals surface area contributed by atoms with Crippen LogP contribution in [0.2, 0.25) is 0 Å². The number of hydrogen-bond acceptors (Lipinski definition) is 7. The van der Waals surface area contributed by atoms with Crippen molar-refractivity contribution in [2.45, 2.75) is 13.0 Å². The van der Waals surface area contributed by atoms with Gasteiger partial charge < -0.3 is 19.5 Å². The summed E-state index contributed by atoms with van der Waals surface area (Å²) in [5.74, 6) is 3.11. The second-order valence-electron chi connectivity index (χ2n) is 7.06. The number of fused-ring (bicyclic) bond motifs is 1. The largest absolute Gasteiger partial charge is 0.485 e. The van der Waals surface area contributed by atoms with Crippen molar-refractivity contribution in [1.29, 1.82) is 0 Å². The van der Waals surface area contributed by atoms with E-state index >= 15 is 0 Å². The van der Waals surface area contributed by atoms with E-state index in [-0.39, 0.29) is 12.5 Å². The zero-order valence-corrected chi connectivity index (χ0v) is 17.1. The zero-order chi connectivity index (χ0) is 21.9. The van der Waals surface area contributed by atoms with E-state index in [0.717, 1.165) is 0 Å². The number of anilines is 1. The van der Waals surface area contributed by atoms with Crippen LogP contribution >= 0.6 is 0 Å². The topological polar surface area (TPSA) is 100 Å². The number of nitrogens with zero attached hydrogens (tertiary/aromatic N) is 4. The molecular weight excluding hydrogens is 410 g/mol. The molecule has 0 radical (unpaired) electrons. The van der Waals surface area contributed by atoms with Gasteiger partial charge in [-0.2, -0.15) is 4.98 Å². The first-order chi connectivity index (χ1) is 15.6. The van der Waals surface area contributed by atoms with Crippen molar-refractivity contribution in [3.05, 3.63) is 79.1 Å². The van der Waals surface area contributed by atoms with Crippen molar-refractivity contribution >= 4 is 11.6 Å². The van der Waals surface area contributed by atoms with Gasteiger partial charge in [-0.3, -0.25) is 9.36 Å². The molecule has 1 aliphatic rings. The first kappa shape index (κ1) is 19.6. The Kier molecular flexibility index (Phi) is 5.12. The molecule has 0 saturated carbocycles. The zero-order valence-electron chi connectivity index (χ0n) is 17.1. The normalized spacial score (nSPS) is 14.6. The maximum atomic E-state index is 12.6. The summed E-state index contributed by atoms with van der Waals surface area (Å²) in [6.45, 7) is 1.94. The quantitative estimate of drug-likeness (QED) is 0.518. The van der Waals surface area contributed by atoms with Crippen LogP contribution in [0.4, 0.5) is 5.69 Å². The predicted octanol–water partition coefficient (Wildman–Crippen LogP) is 3.54. The fourth-order valence-electron chi connectivity index (χ4n) is 3.20. The van der Waals surface area contributed by atoms with Gasteiger partial charge in [0.05, 0.1) is 0 Å². The van der Waals surface area contributed by atoms with Crippen LogP contribution in [-0.2, 0) is 4.79 Å². The van der Waals surface area contributed by atoms with Crippen molar-refractivity contribution in [1.82, 2.24) is 19.5 Å². The molecule has 0 aliphatic carbocycles. The lowest BCUT2D eigenvalue weighted by Crippen LogP contribution is -2.40. The highest BCUT2D eigenvalue weighted by Crippen LogP contribution is 2.31. The number of hydrogen-bond donors (Lipinski definition) is 1. The molecule has 0 saturated heterocycles. The second-order valence-corrected chi connectivity index (χ2v) is 7.06. The van der Waals surface area contributed by atoms with E-state index in [1.807, 2.05) is 12.1 Å². The van der Waals surface area contributed by atoms with Crippen LogP contribution in [0.1, 0.15) is 5.82 Å². The molecule has 0 bridgehead atoms. The summed E-state index contributed by atoms with van der Waals surface area (Å²) in [5.41, 5.74) is 0.614. The van der Waals surface area contributed by atoms with E-state index in [4.69, 9.17) is 14.2 Å². The number of aromatic nitrogens is 4. The number of para-hydroxylation sites is 2. The molecule has 0 spiro atoms. The summed E-state index contributed by atoms with van der Waals surface area (Å²) < 4.78 is 19.0. The summed E-state index contributed by atoms with van der Waals surface area (Å²) in [6, 6.07) is 16.0. The standard InChI is InChI=1S/C23H19N5O4/c1-15-25-21(28-11-10-24-14-28)12-22(26-15)31-17-8-6-16(7-9-17)27-23(29)20-13-30-18-4-2-3-5-19(18)32-20/h2-12,14,20H,13H2,1H3,(H,27,29). The van der Waals surface area contributed by atoms with Gasteiger partial charge in [0.15, 0.2) is 11.5 Å². The van der Waals surface area contributed by atoms with Gasteiger partial charge in [0.1, 0.15) is 30.3 Å². The highest BCUT2D eigenvalue weighted by molar-refractivity contribution is 5.94. The van der Waals surface area contributed by atoms with E-state index in [2.05, 4.69) is 20.3 Å². The highest BCUT2D eigenvalue weighted by atomic mass is 16.6. The fraction of sp³-hybridized carbons (Fsp3) is 0.130. The summed E-state index contributed by atoms with van der Waals surface area (Å²) in [5, 5.41) is 2.83. The number of amides is 1. The Morgan fingerprint density at radius 1 is 1.12 bits per heavy atom. The third-order valence-electron chi connectivity index (χ3n) is 4.72. The average molecular weight is 429 g/mol. The minimum absolute atomic E-state index is 0.149. The number of ether oxygens (including phenoxy) is 3. The molecule has 9 nitrogen and oxygen atoms in total. The molecule has 2 aromatic heterocycles. The van der Waals surface area contributed by atoms with Crippen LogP contribution in [-0.4, -0.2) is 38.1 Å². The molecule has 1 amide bonds. The third-order valence-corrected chi connectivity index (χ3v) is 4.72. The number of imidazole rings is 1. The van der Waals surface area contributed by atoms with Crippen LogP contribution in [0.5, 0.6) is 23.1 Å². The Labute approximate surface area is 183 Å². The lowest BCUT2D eigenvalue weighted by molar-refractivity contribution is -0.125. The number of carbonyl (C=O) groups is 1. The molecule has 1 aliphatic heterocycles. The molecule has 9 heteroatoms. The van der Waals surface area contributed by atoms with Crippen molar-refractivity contribution in [3.8, 4) is 28.9 Å². The number of aryl methyl sites for hydroxylation is 1. The van der Waals surface area contributed by atoms with Crippen LogP contribution in [0.15, 0.2) is 73.3 Å². The Hall–Kier alpha value is -4.40. The lowest BCUT2D eigenvalue weighted by atomic mass is 10.2. The average Bonchev–Trinajstić information content (AvgIpc) is 3.35. The van der Waals surface area contributed by atoms with Crippen LogP contribution in [0, 0.1) is 6.92 Å². The third kappa shape index (κ3) is 4.22. The second kappa shape index (κ2) is 8.38. The molecule has 32 heavy (non-hydrogen) atoms. The maximum absolute atomic E-state index is 12.6. The van der Waals surface area contributed by atoms with Crippen molar-refractivity contribution < 1.29 is 19.0 Å². The monoisotopic (exact) mass is 429 g/mol.